The first kappa shape index (κ1) is 20.4. The zero-order valence-corrected chi connectivity index (χ0v) is 19.4. The Morgan fingerprint density at radius 1 is 1.14 bits per heavy atom. The van der Waals surface area contributed by atoms with Crippen LogP contribution in [0.5, 0.6) is 5.75 Å². The number of nitrogens with zero attached hydrogens (tertiary/aromatic N) is 3. The van der Waals surface area contributed by atoms with Gasteiger partial charge in [-0.2, -0.15) is 0 Å². The maximum absolute atomic E-state index is 13.1. The van der Waals surface area contributed by atoms with Crippen LogP contribution in [0.25, 0.3) is 10.2 Å². The van der Waals surface area contributed by atoms with Crippen LogP contribution in [0, 0.1) is 0 Å². The van der Waals surface area contributed by atoms with Crippen LogP contribution in [0.3, 0.4) is 0 Å². The highest BCUT2D eigenvalue weighted by Crippen LogP contribution is 2.31. The molecule has 4 rings (SSSR count). The topological polar surface area (TPSA) is 45.7 Å². The number of benzene rings is 2. The minimum Gasteiger partial charge on any atom is -0.478 e. The van der Waals surface area contributed by atoms with E-state index in [9.17, 15) is 4.79 Å². The summed E-state index contributed by atoms with van der Waals surface area (Å²) in [4.78, 5) is 21.9. The highest BCUT2D eigenvalue weighted by atomic mass is 79.9. The molecule has 2 heterocycles. The highest BCUT2D eigenvalue weighted by Gasteiger charge is 2.36. The van der Waals surface area contributed by atoms with Gasteiger partial charge in [0.25, 0.3) is 5.91 Å². The number of hydrogen-bond donors (Lipinski definition) is 0. The predicted octanol–water partition coefficient (Wildman–Crippen LogP) is 5.22. The summed E-state index contributed by atoms with van der Waals surface area (Å²) in [5.41, 5.74) is 0.0576. The van der Waals surface area contributed by atoms with Crippen LogP contribution in [0.1, 0.15) is 13.8 Å². The van der Waals surface area contributed by atoms with Crippen molar-refractivity contribution in [1.29, 1.82) is 0 Å². The molecule has 1 aliphatic rings. The Labute approximate surface area is 187 Å². The van der Waals surface area contributed by atoms with Crippen molar-refractivity contribution in [2.45, 2.75) is 19.4 Å². The van der Waals surface area contributed by atoms with Crippen LogP contribution >= 0.6 is 38.9 Å². The molecule has 3 aromatic rings. The fourth-order valence-electron chi connectivity index (χ4n) is 3.34. The third-order valence-corrected chi connectivity index (χ3v) is 6.70. The van der Waals surface area contributed by atoms with Gasteiger partial charge in [0.05, 0.1) is 10.2 Å². The quantitative estimate of drug-likeness (QED) is 0.499. The number of hydrogen-bond acceptors (Lipinski definition) is 5. The third-order valence-electron chi connectivity index (χ3n) is 4.88. The molecule has 0 saturated carbocycles. The minimum atomic E-state index is -0.946. The predicted molar refractivity (Wildman–Crippen MR) is 122 cm³/mol. The van der Waals surface area contributed by atoms with Gasteiger partial charge in [-0.1, -0.05) is 38.9 Å². The molecule has 1 aromatic heterocycles. The summed E-state index contributed by atoms with van der Waals surface area (Å²) in [5, 5.41) is 1.64. The molecular formula is C21H21BrClN3O2S. The van der Waals surface area contributed by atoms with E-state index >= 15 is 0 Å². The Hall–Kier alpha value is -1.83. The van der Waals surface area contributed by atoms with Gasteiger partial charge in [-0.25, -0.2) is 4.98 Å². The Morgan fingerprint density at radius 3 is 2.52 bits per heavy atom. The third kappa shape index (κ3) is 4.52. The van der Waals surface area contributed by atoms with Gasteiger partial charge in [0.2, 0.25) is 0 Å². The highest BCUT2D eigenvalue weighted by molar-refractivity contribution is 9.10. The molecule has 0 radical (unpaired) electrons. The van der Waals surface area contributed by atoms with Crippen LogP contribution in [0.4, 0.5) is 5.13 Å². The fraction of sp³-hybridized carbons (Fsp3) is 0.333. The lowest BCUT2D eigenvalue weighted by Gasteiger charge is -2.38. The minimum absolute atomic E-state index is 0.0136. The molecule has 152 valence electrons. The number of piperazine rings is 1. The Morgan fingerprint density at radius 2 is 1.83 bits per heavy atom. The average molecular weight is 495 g/mol. The fourth-order valence-corrected chi connectivity index (χ4v) is 5.04. The standard InChI is InChI=1S/C21H21BrClN3O2S/c1-21(2,28-16-6-4-15(23)5-7-16)19(27)25-9-11-26(12-10-25)20-24-17-8-3-14(22)13-18(17)29-20/h3-8,13H,9-12H2,1-2H3. The second kappa shape index (κ2) is 8.13. The number of amides is 1. The maximum Gasteiger partial charge on any atom is 0.266 e. The van der Waals surface area contributed by atoms with Crippen LogP contribution in [0.15, 0.2) is 46.9 Å². The van der Waals surface area contributed by atoms with E-state index in [1.807, 2.05) is 30.9 Å². The number of rotatable bonds is 4. The molecule has 29 heavy (non-hydrogen) atoms. The number of anilines is 1. The van der Waals surface area contributed by atoms with E-state index in [2.05, 4.69) is 26.9 Å². The monoisotopic (exact) mass is 493 g/mol. The summed E-state index contributed by atoms with van der Waals surface area (Å²) >= 11 is 11.1. The molecular weight excluding hydrogens is 474 g/mol. The zero-order chi connectivity index (χ0) is 20.6. The SMILES string of the molecule is CC(C)(Oc1ccc(Cl)cc1)C(=O)N1CCN(c2nc3ccc(Br)cc3s2)CC1. The summed E-state index contributed by atoms with van der Waals surface area (Å²) in [6.45, 7) is 6.41. The normalized spacial score (nSPS) is 15.0. The first-order valence-corrected chi connectivity index (χ1v) is 11.4. The van der Waals surface area contributed by atoms with Crippen molar-refractivity contribution < 1.29 is 9.53 Å². The van der Waals surface area contributed by atoms with E-state index in [1.54, 1.807) is 35.6 Å². The lowest BCUT2D eigenvalue weighted by molar-refractivity contribution is -0.145. The smallest absolute Gasteiger partial charge is 0.266 e. The van der Waals surface area contributed by atoms with Crippen molar-refractivity contribution in [3.05, 3.63) is 52.0 Å². The lowest BCUT2D eigenvalue weighted by atomic mass is 10.1. The van der Waals surface area contributed by atoms with E-state index in [0.717, 1.165) is 32.9 Å². The lowest BCUT2D eigenvalue weighted by Crippen LogP contribution is -2.55. The van der Waals surface area contributed by atoms with E-state index < -0.39 is 5.60 Å². The van der Waals surface area contributed by atoms with E-state index in [1.165, 1.54) is 0 Å². The van der Waals surface area contributed by atoms with E-state index in [-0.39, 0.29) is 5.91 Å². The number of ether oxygens (including phenoxy) is 1. The van der Waals surface area contributed by atoms with Crippen molar-refractivity contribution in [1.82, 2.24) is 9.88 Å². The first-order valence-electron chi connectivity index (χ1n) is 9.37. The largest absolute Gasteiger partial charge is 0.478 e. The van der Waals surface area contributed by atoms with Gasteiger partial charge in [-0.15, -0.1) is 0 Å². The number of halogens is 2. The Bertz CT molecular complexity index is 1030. The number of aromatic nitrogens is 1. The van der Waals surface area contributed by atoms with Gasteiger partial charge in [-0.05, 0) is 56.3 Å². The summed E-state index contributed by atoms with van der Waals surface area (Å²) in [6.07, 6.45) is 0. The molecule has 0 atom stereocenters. The molecule has 1 amide bonds. The van der Waals surface area contributed by atoms with Crippen LogP contribution in [-0.4, -0.2) is 47.6 Å². The summed E-state index contributed by atoms with van der Waals surface area (Å²) in [5.74, 6) is 0.618. The van der Waals surface area contributed by atoms with Gasteiger partial charge in [0, 0.05) is 35.7 Å². The first-order chi connectivity index (χ1) is 13.8. The molecule has 2 aromatic carbocycles. The van der Waals surface area contributed by atoms with Gasteiger partial charge in [0.1, 0.15) is 5.75 Å². The average Bonchev–Trinajstić information content (AvgIpc) is 3.12. The van der Waals surface area contributed by atoms with Crippen LogP contribution in [-0.2, 0) is 4.79 Å². The molecule has 0 bridgehead atoms. The van der Waals surface area contributed by atoms with Crippen LogP contribution < -0.4 is 9.64 Å². The van der Waals surface area contributed by atoms with Gasteiger partial charge < -0.3 is 14.5 Å². The molecule has 0 spiro atoms. The Kier molecular flexibility index (Phi) is 5.73. The molecule has 0 unspecified atom stereocenters. The number of carbonyl (C=O) groups excluding carboxylic acids is 1. The van der Waals surface area contributed by atoms with Crippen molar-refractivity contribution in [3.63, 3.8) is 0 Å². The van der Waals surface area contributed by atoms with Crippen LogP contribution in [0.2, 0.25) is 5.02 Å². The molecule has 1 fully saturated rings. The van der Waals surface area contributed by atoms with E-state index in [4.69, 9.17) is 21.3 Å². The van der Waals surface area contributed by atoms with Crippen molar-refractivity contribution in [2.75, 3.05) is 31.1 Å². The van der Waals surface area contributed by atoms with E-state index in [0.29, 0.717) is 23.9 Å². The second-order valence-corrected chi connectivity index (χ2v) is 9.82. The summed E-state index contributed by atoms with van der Waals surface area (Å²) in [7, 11) is 0. The van der Waals surface area contributed by atoms with Gasteiger partial charge >= 0.3 is 0 Å². The maximum atomic E-state index is 13.1. The van der Waals surface area contributed by atoms with Gasteiger partial charge in [-0.3, -0.25) is 4.79 Å². The molecule has 1 aliphatic heterocycles. The zero-order valence-electron chi connectivity index (χ0n) is 16.2. The molecule has 1 saturated heterocycles. The second-order valence-electron chi connectivity index (χ2n) is 7.45. The molecule has 8 heteroatoms. The van der Waals surface area contributed by atoms with Gasteiger partial charge in [0.15, 0.2) is 10.7 Å². The molecule has 0 aliphatic carbocycles. The summed E-state index contributed by atoms with van der Waals surface area (Å²) in [6, 6.07) is 13.2. The van der Waals surface area contributed by atoms with Crippen molar-refractivity contribution >= 4 is 60.1 Å². The number of carbonyl (C=O) groups is 1. The molecule has 5 nitrogen and oxygen atoms in total. The Balaban J connectivity index is 1.40. The number of thiazole rings is 1. The molecule has 0 N–H and O–H groups in total. The number of fused-ring (bicyclic) bond motifs is 1. The van der Waals surface area contributed by atoms with Crippen molar-refractivity contribution in [3.8, 4) is 5.75 Å². The summed E-state index contributed by atoms with van der Waals surface area (Å²) < 4.78 is 8.17. The van der Waals surface area contributed by atoms with Crippen molar-refractivity contribution in [2.24, 2.45) is 0 Å².